The Labute approximate surface area is 126 Å². The molecule has 0 unspecified atom stereocenters. The highest BCUT2D eigenvalue weighted by atomic mass is 32.2. The minimum absolute atomic E-state index is 0.144. The van der Waals surface area contributed by atoms with Gasteiger partial charge in [0.2, 0.25) is 10.0 Å². The lowest BCUT2D eigenvalue weighted by atomic mass is 9.87. The fourth-order valence-corrected chi connectivity index (χ4v) is 4.75. The Morgan fingerprint density at radius 2 is 2.10 bits per heavy atom. The molecule has 6 nitrogen and oxygen atoms in total. The van der Waals surface area contributed by atoms with Gasteiger partial charge in [0.25, 0.3) is 0 Å². The Morgan fingerprint density at radius 1 is 1.33 bits per heavy atom. The van der Waals surface area contributed by atoms with Gasteiger partial charge in [-0.3, -0.25) is 4.90 Å². The first kappa shape index (κ1) is 15.0. The lowest BCUT2D eigenvalue weighted by molar-refractivity contribution is 0.117. The summed E-state index contributed by atoms with van der Waals surface area (Å²) in [6, 6.07) is 0.230. The fourth-order valence-electron chi connectivity index (χ4n) is 3.31. The van der Waals surface area contributed by atoms with Crippen molar-refractivity contribution in [2.45, 2.75) is 37.0 Å². The van der Waals surface area contributed by atoms with Crippen LogP contribution in [0.3, 0.4) is 0 Å². The van der Waals surface area contributed by atoms with Crippen molar-refractivity contribution >= 4 is 10.0 Å². The number of likely N-dealkylation sites (tertiary alicyclic amines) is 1. The normalized spacial score (nSPS) is 27.9. The standard InChI is InChI=1S/C14H24N4O2S/c1-17-7-3-4-11(8-16-21(19,20)12-5-6-12)14(17)13-9-15-10-18(13)2/h9-12,14,16H,3-8H2,1-2H3/t11-,14+/m0/s1. The van der Waals surface area contributed by atoms with Crippen LogP contribution in [0.4, 0.5) is 0 Å². The first-order chi connectivity index (χ1) is 9.99. The zero-order valence-corrected chi connectivity index (χ0v) is 13.5. The monoisotopic (exact) mass is 312 g/mol. The first-order valence-corrected chi connectivity index (χ1v) is 9.18. The van der Waals surface area contributed by atoms with E-state index in [0.717, 1.165) is 37.9 Å². The number of rotatable bonds is 5. The van der Waals surface area contributed by atoms with E-state index in [0.29, 0.717) is 12.5 Å². The summed E-state index contributed by atoms with van der Waals surface area (Å²) in [6.45, 7) is 1.57. The lowest BCUT2D eigenvalue weighted by Gasteiger charge is -2.39. The SMILES string of the molecule is CN1CCC[C@@H](CNS(=O)(=O)C2CC2)[C@@H]1c1cncn1C. The van der Waals surface area contributed by atoms with Crippen molar-refractivity contribution in [2.75, 3.05) is 20.1 Å². The molecule has 2 fully saturated rings. The molecule has 1 aromatic rings. The molecule has 2 aliphatic rings. The van der Waals surface area contributed by atoms with E-state index in [1.807, 2.05) is 24.1 Å². The van der Waals surface area contributed by atoms with Gasteiger partial charge in [0.1, 0.15) is 0 Å². The second-order valence-electron chi connectivity index (χ2n) is 6.35. The number of imidazole rings is 1. The molecule has 1 aromatic heterocycles. The molecular formula is C14H24N4O2S. The molecule has 0 aromatic carbocycles. The van der Waals surface area contributed by atoms with Crippen molar-refractivity contribution in [3.8, 4) is 0 Å². The predicted molar refractivity (Wildman–Crippen MR) is 81.2 cm³/mol. The summed E-state index contributed by atoms with van der Waals surface area (Å²) in [5.74, 6) is 0.299. The number of piperidine rings is 1. The second kappa shape index (κ2) is 5.70. The summed E-state index contributed by atoms with van der Waals surface area (Å²) in [4.78, 5) is 6.53. The van der Waals surface area contributed by atoms with E-state index >= 15 is 0 Å². The Hall–Kier alpha value is -0.920. The number of hydrogen-bond acceptors (Lipinski definition) is 4. The zero-order valence-electron chi connectivity index (χ0n) is 12.7. The molecule has 21 heavy (non-hydrogen) atoms. The molecule has 0 spiro atoms. The van der Waals surface area contributed by atoms with Gasteiger partial charge >= 0.3 is 0 Å². The molecule has 0 bridgehead atoms. The van der Waals surface area contributed by atoms with Crippen LogP contribution in [-0.4, -0.2) is 48.3 Å². The van der Waals surface area contributed by atoms with Crippen LogP contribution in [0.15, 0.2) is 12.5 Å². The van der Waals surface area contributed by atoms with Gasteiger partial charge in [-0.1, -0.05) is 0 Å². The molecule has 7 heteroatoms. The fraction of sp³-hybridized carbons (Fsp3) is 0.786. The van der Waals surface area contributed by atoms with Gasteiger partial charge in [0.05, 0.1) is 23.3 Å². The van der Waals surface area contributed by atoms with E-state index in [1.165, 1.54) is 0 Å². The van der Waals surface area contributed by atoms with Crippen molar-refractivity contribution in [2.24, 2.45) is 13.0 Å². The van der Waals surface area contributed by atoms with Crippen LogP contribution in [0.2, 0.25) is 0 Å². The van der Waals surface area contributed by atoms with Crippen LogP contribution in [-0.2, 0) is 17.1 Å². The average Bonchev–Trinajstić information content (AvgIpc) is 3.22. The van der Waals surface area contributed by atoms with Crippen LogP contribution < -0.4 is 4.72 Å². The second-order valence-corrected chi connectivity index (χ2v) is 8.40. The van der Waals surface area contributed by atoms with Crippen LogP contribution in [0.5, 0.6) is 0 Å². The van der Waals surface area contributed by atoms with Gasteiger partial charge in [-0.05, 0) is 45.2 Å². The molecule has 2 atom stereocenters. The van der Waals surface area contributed by atoms with Crippen LogP contribution in [0.25, 0.3) is 0 Å². The molecule has 0 amide bonds. The van der Waals surface area contributed by atoms with Crippen molar-refractivity contribution in [3.05, 3.63) is 18.2 Å². The Bertz CT molecular complexity index is 594. The maximum absolute atomic E-state index is 12.0. The average molecular weight is 312 g/mol. The van der Waals surface area contributed by atoms with E-state index < -0.39 is 10.0 Å². The highest BCUT2D eigenvalue weighted by Gasteiger charge is 2.38. The molecule has 1 aliphatic carbocycles. The van der Waals surface area contributed by atoms with Crippen molar-refractivity contribution in [3.63, 3.8) is 0 Å². The summed E-state index contributed by atoms with van der Waals surface area (Å²) in [5, 5.41) is -0.144. The summed E-state index contributed by atoms with van der Waals surface area (Å²) in [7, 11) is 1.01. The summed E-state index contributed by atoms with van der Waals surface area (Å²) < 4.78 is 28.9. The maximum atomic E-state index is 12.0. The highest BCUT2D eigenvalue weighted by molar-refractivity contribution is 7.90. The molecule has 1 aliphatic heterocycles. The molecule has 1 N–H and O–H groups in total. The van der Waals surface area contributed by atoms with Crippen molar-refractivity contribution in [1.82, 2.24) is 19.2 Å². The summed E-state index contributed by atoms with van der Waals surface area (Å²) >= 11 is 0. The van der Waals surface area contributed by atoms with Gasteiger partial charge in [0.15, 0.2) is 0 Å². The van der Waals surface area contributed by atoms with Gasteiger partial charge in [0, 0.05) is 19.8 Å². The minimum Gasteiger partial charge on any atom is -0.336 e. The van der Waals surface area contributed by atoms with Gasteiger partial charge in [-0.15, -0.1) is 0 Å². The minimum atomic E-state index is -3.10. The molecule has 1 saturated carbocycles. The van der Waals surface area contributed by atoms with E-state index in [4.69, 9.17) is 0 Å². The number of aromatic nitrogens is 2. The van der Waals surface area contributed by atoms with Gasteiger partial charge < -0.3 is 4.57 Å². The van der Waals surface area contributed by atoms with Gasteiger partial charge in [-0.25, -0.2) is 18.1 Å². The Morgan fingerprint density at radius 3 is 2.71 bits per heavy atom. The van der Waals surface area contributed by atoms with Gasteiger partial charge in [-0.2, -0.15) is 0 Å². The zero-order chi connectivity index (χ0) is 15.0. The van der Waals surface area contributed by atoms with E-state index in [2.05, 4.69) is 21.7 Å². The highest BCUT2D eigenvalue weighted by Crippen LogP contribution is 2.35. The molecule has 1 saturated heterocycles. The number of hydrogen-bond donors (Lipinski definition) is 1. The molecule has 2 heterocycles. The number of nitrogens with zero attached hydrogens (tertiary/aromatic N) is 3. The molecule has 118 valence electrons. The molecule has 3 rings (SSSR count). The summed E-state index contributed by atoms with van der Waals surface area (Å²) in [6.07, 6.45) is 7.49. The number of sulfonamides is 1. The Kier molecular flexibility index (Phi) is 4.07. The third kappa shape index (κ3) is 3.14. The number of nitrogens with one attached hydrogen (secondary N) is 1. The topological polar surface area (TPSA) is 67.2 Å². The first-order valence-electron chi connectivity index (χ1n) is 7.64. The summed E-state index contributed by atoms with van der Waals surface area (Å²) in [5.41, 5.74) is 1.16. The molecule has 0 radical (unpaired) electrons. The van der Waals surface area contributed by atoms with E-state index in [9.17, 15) is 8.42 Å². The van der Waals surface area contributed by atoms with Crippen molar-refractivity contribution in [1.29, 1.82) is 0 Å². The third-order valence-corrected chi connectivity index (χ3v) is 6.59. The van der Waals surface area contributed by atoms with E-state index in [-0.39, 0.29) is 11.3 Å². The maximum Gasteiger partial charge on any atom is 0.214 e. The Balaban J connectivity index is 1.73. The van der Waals surface area contributed by atoms with Crippen molar-refractivity contribution < 1.29 is 8.42 Å². The van der Waals surface area contributed by atoms with Crippen LogP contribution >= 0.6 is 0 Å². The quantitative estimate of drug-likeness (QED) is 0.876. The predicted octanol–water partition coefficient (Wildman–Crippen LogP) is 0.885. The van der Waals surface area contributed by atoms with E-state index in [1.54, 1.807) is 0 Å². The van der Waals surface area contributed by atoms with Crippen LogP contribution in [0.1, 0.15) is 37.4 Å². The largest absolute Gasteiger partial charge is 0.336 e. The lowest BCUT2D eigenvalue weighted by Crippen LogP contribution is -2.43. The number of aryl methyl sites for hydroxylation is 1. The third-order valence-electron chi connectivity index (χ3n) is 4.67. The van der Waals surface area contributed by atoms with Crippen LogP contribution in [0, 0.1) is 5.92 Å². The molecular weight excluding hydrogens is 288 g/mol. The smallest absolute Gasteiger partial charge is 0.214 e.